The summed E-state index contributed by atoms with van der Waals surface area (Å²) in [6.07, 6.45) is -0.559. The van der Waals surface area contributed by atoms with Crippen molar-refractivity contribution in [2.75, 3.05) is 39.4 Å². The molecule has 4 aliphatic rings. The summed E-state index contributed by atoms with van der Waals surface area (Å²) in [6, 6.07) is 5.58. The number of carbonyl (C=O) groups excluding carboxylic acids is 1. The average molecular weight is 598 g/mol. The maximum Gasteiger partial charge on any atom is 0.490 e. The first-order valence-electron chi connectivity index (χ1n) is 13.2. The molecule has 2 saturated heterocycles. The fourth-order valence-corrected chi connectivity index (χ4v) is 4.86. The molecule has 1 unspecified atom stereocenters. The van der Waals surface area contributed by atoms with Crippen molar-refractivity contribution in [3.05, 3.63) is 30.1 Å². The quantitative estimate of drug-likeness (QED) is 0.451. The van der Waals surface area contributed by atoms with Crippen molar-refractivity contribution in [3.63, 3.8) is 0 Å². The van der Waals surface area contributed by atoms with Gasteiger partial charge in [0.25, 0.3) is 5.91 Å². The Morgan fingerprint density at radius 1 is 0.878 bits per heavy atom. The number of aliphatic carboxylic acids is 2. The normalized spacial score (nSPS) is 22.0. The Labute approximate surface area is 232 Å². The second kappa shape index (κ2) is 13.4. The highest BCUT2D eigenvalue weighted by molar-refractivity contribution is 5.93. The van der Waals surface area contributed by atoms with E-state index in [1.54, 1.807) is 6.20 Å². The van der Waals surface area contributed by atoms with E-state index in [2.05, 4.69) is 9.88 Å². The number of aromatic nitrogens is 1. The van der Waals surface area contributed by atoms with Crippen LogP contribution in [0.5, 0.6) is 0 Å². The number of carbonyl (C=O) groups is 3. The van der Waals surface area contributed by atoms with Crippen LogP contribution in [0.3, 0.4) is 0 Å². The van der Waals surface area contributed by atoms with Crippen LogP contribution in [0.1, 0.15) is 49.0 Å². The first-order chi connectivity index (χ1) is 19.1. The summed E-state index contributed by atoms with van der Waals surface area (Å²) in [6.45, 7) is 5.96. The zero-order chi connectivity index (χ0) is 30.4. The smallest absolute Gasteiger partial charge is 0.475 e. The van der Waals surface area contributed by atoms with Gasteiger partial charge in [-0.2, -0.15) is 26.3 Å². The monoisotopic (exact) mass is 597 g/mol. The minimum atomic E-state index is -5.08. The van der Waals surface area contributed by atoms with Crippen LogP contribution in [-0.4, -0.2) is 100 Å². The number of pyridine rings is 1. The molecule has 2 aliphatic heterocycles. The molecule has 9 nitrogen and oxygen atoms in total. The fraction of sp³-hybridized carbons (Fsp3) is 0.692. The van der Waals surface area contributed by atoms with Crippen LogP contribution in [0.4, 0.5) is 26.3 Å². The molecule has 1 spiro atoms. The molecule has 1 aromatic heterocycles. The molecule has 5 rings (SSSR count). The van der Waals surface area contributed by atoms with Crippen molar-refractivity contribution < 1.29 is 55.7 Å². The highest BCUT2D eigenvalue weighted by atomic mass is 19.4. The first-order valence-corrected chi connectivity index (χ1v) is 13.2. The van der Waals surface area contributed by atoms with Crippen molar-refractivity contribution in [2.45, 2.75) is 56.4 Å². The van der Waals surface area contributed by atoms with Crippen molar-refractivity contribution >= 4 is 17.8 Å². The van der Waals surface area contributed by atoms with Crippen LogP contribution < -0.4 is 0 Å². The van der Waals surface area contributed by atoms with Crippen molar-refractivity contribution in [3.8, 4) is 0 Å². The minimum Gasteiger partial charge on any atom is -0.475 e. The van der Waals surface area contributed by atoms with E-state index in [0.717, 1.165) is 38.1 Å². The number of carboxylic acid groups (broad SMARTS) is 2. The van der Waals surface area contributed by atoms with E-state index < -0.39 is 24.3 Å². The van der Waals surface area contributed by atoms with E-state index in [4.69, 9.17) is 24.5 Å². The SMILES string of the molecule is O=C(O)C(F)(F)F.O=C(O)C(F)(F)F.O=C(c1ccccn1)N1CC2(CC(COCC3CC3)CCN2CC2CC2)C1. The minimum absolute atomic E-state index is 0.0831. The number of nitrogens with zero attached hydrogens (tertiary/aromatic N) is 3. The van der Waals surface area contributed by atoms with Gasteiger partial charge >= 0.3 is 24.3 Å². The van der Waals surface area contributed by atoms with E-state index >= 15 is 0 Å². The lowest BCUT2D eigenvalue weighted by Crippen LogP contribution is -2.73. The molecule has 1 aromatic rings. The molecule has 2 N–H and O–H groups in total. The molecule has 0 radical (unpaired) electrons. The molecule has 230 valence electrons. The zero-order valence-corrected chi connectivity index (χ0v) is 22.2. The molecule has 41 heavy (non-hydrogen) atoms. The number of amides is 1. The molecule has 15 heteroatoms. The van der Waals surface area contributed by atoms with Gasteiger partial charge in [0.15, 0.2) is 0 Å². The van der Waals surface area contributed by atoms with Crippen LogP contribution in [-0.2, 0) is 14.3 Å². The molecule has 0 aromatic carbocycles. The average Bonchev–Trinajstić information content (AvgIpc) is 3.80. The lowest BCUT2D eigenvalue weighted by Gasteiger charge is -2.59. The van der Waals surface area contributed by atoms with Gasteiger partial charge in [-0.25, -0.2) is 9.59 Å². The van der Waals surface area contributed by atoms with Crippen molar-refractivity contribution in [2.24, 2.45) is 17.8 Å². The third-order valence-electron chi connectivity index (χ3n) is 7.35. The Morgan fingerprint density at radius 2 is 1.41 bits per heavy atom. The maximum atomic E-state index is 12.7. The van der Waals surface area contributed by atoms with Gasteiger partial charge in [0.05, 0.1) is 5.54 Å². The van der Waals surface area contributed by atoms with Crippen molar-refractivity contribution in [1.29, 1.82) is 0 Å². The summed E-state index contributed by atoms with van der Waals surface area (Å²) < 4.78 is 69.5. The fourth-order valence-electron chi connectivity index (χ4n) is 4.86. The Hall–Kier alpha value is -2.94. The summed E-state index contributed by atoms with van der Waals surface area (Å²) in [4.78, 5) is 39.5. The number of hydrogen-bond donors (Lipinski definition) is 2. The molecule has 1 atom stereocenters. The van der Waals surface area contributed by atoms with Gasteiger partial charge in [0, 0.05) is 39.0 Å². The Morgan fingerprint density at radius 3 is 1.88 bits per heavy atom. The van der Waals surface area contributed by atoms with Crippen LogP contribution >= 0.6 is 0 Å². The lowest BCUT2D eigenvalue weighted by molar-refractivity contribution is -0.193. The van der Waals surface area contributed by atoms with E-state index in [-0.39, 0.29) is 11.4 Å². The largest absolute Gasteiger partial charge is 0.490 e. The van der Waals surface area contributed by atoms with Gasteiger partial charge in [-0.15, -0.1) is 0 Å². The highest BCUT2D eigenvalue weighted by Gasteiger charge is 2.53. The third-order valence-corrected chi connectivity index (χ3v) is 7.35. The number of likely N-dealkylation sites (tertiary alicyclic amines) is 2. The predicted octanol–water partition coefficient (Wildman–Crippen LogP) is 4.09. The number of hydrogen-bond acceptors (Lipinski definition) is 6. The second-order valence-corrected chi connectivity index (χ2v) is 10.9. The van der Waals surface area contributed by atoms with E-state index in [1.807, 2.05) is 23.1 Å². The molecule has 3 heterocycles. The molecule has 0 bridgehead atoms. The number of piperidine rings is 1. The second-order valence-electron chi connectivity index (χ2n) is 10.9. The number of rotatable bonds is 7. The van der Waals surface area contributed by atoms with Crippen molar-refractivity contribution in [1.82, 2.24) is 14.8 Å². The summed E-state index contributed by atoms with van der Waals surface area (Å²) in [5, 5.41) is 14.2. The highest BCUT2D eigenvalue weighted by Crippen LogP contribution is 2.42. The summed E-state index contributed by atoms with van der Waals surface area (Å²) in [7, 11) is 0. The summed E-state index contributed by atoms with van der Waals surface area (Å²) in [5.41, 5.74) is 0.750. The van der Waals surface area contributed by atoms with Gasteiger partial charge in [0.2, 0.25) is 0 Å². The first kappa shape index (κ1) is 32.6. The predicted molar refractivity (Wildman–Crippen MR) is 131 cm³/mol. The lowest BCUT2D eigenvalue weighted by atomic mass is 9.74. The summed E-state index contributed by atoms with van der Waals surface area (Å²) in [5.74, 6) is -3.06. The van der Waals surface area contributed by atoms with Crippen LogP contribution in [0.2, 0.25) is 0 Å². The van der Waals surface area contributed by atoms with E-state index in [1.165, 1.54) is 51.6 Å². The third kappa shape index (κ3) is 10.1. The maximum absolute atomic E-state index is 12.7. The molecule has 2 saturated carbocycles. The number of ether oxygens (including phenoxy) is 1. The molecule has 4 fully saturated rings. The molecule has 1 amide bonds. The van der Waals surface area contributed by atoms with Gasteiger partial charge in [-0.3, -0.25) is 14.7 Å². The summed E-state index contributed by atoms with van der Waals surface area (Å²) >= 11 is 0. The Kier molecular flexibility index (Phi) is 10.6. The Bertz CT molecular complexity index is 1020. The Balaban J connectivity index is 0.000000276. The van der Waals surface area contributed by atoms with Gasteiger partial charge in [-0.1, -0.05) is 6.07 Å². The topological polar surface area (TPSA) is 120 Å². The number of carboxylic acids is 2. The van der Waals surface area contributed by atoms with E-state index in [0.29, 0.717) is 11.6 Å². The molecular formula is C26H33F6N3O6. The van der Waals surface area contributed by atoms with Crippen LogP contribution in [0.25, 0.3) is 0 Å². The standard InChI is InChI=1S/C22H31N3O2.2C2HF3O2/c26-21(20-3-1-2-9-23-20)24-15-22(16-24)11-19(14-27-13-18-6-7-18)8-10-25(22)12-17-4-5-17;2*3-2(4,5)1(6)7/h1-3,9,17-19H,4-8,10-16H2;2*(H,6,7). The molecular weight excluding hydrogens is 564 g/mol. The van der Waals surface area contributed by atoms with Gasteiger partial charge in [-0.05, 0) is 75.0 Å². The van der Waals surface area contributed by atoms with Gasteiger partial charge < -0.3 is 19.8 Å². The van der Waals surface area contributed by atoms with Crippen LogP contribution in [0.15, 0.2) is 24.4 Å². The van der Waals surface area contributed by atoms with Crippen LogP contribution in [0, 0.1) is 17.8 Å². The van der Waals surface area contributed by atoms with E-state index in [9.17, 15) is 31.1 Å². The number of alkyl halides is 6. The van der Waals surface area contributed by atoms with Gasteiger partial charge in [0.1, 0.15) is 5.69 Å². The number of halogens is 6. The zero-order valence-electron chi connectivity index (χ0n) is 22.2. The molecule has 2 aliphatic carbocycles.